The highest BCUT2D eigenvalue weighted by Gasteiger charge is 2.25. The highest BCUT2D eigenvalue weighted by Crippen LogP contribution is 2.36. The van der Waals surface area contributed by atoms with E-state index in [-0.39, 0.29) is 23.0 Å². The summed E-state index contributed by atoms with van der Waals surface area (Å²) < 4.78 is 38.0. The van der Waals surface area contributed by atoms with Gasteiger partial charge in [0, 0.05) is 10.8 Å². The summed E-state index contributed by atoms with van der Waals surface area (Å²) in [5.41, 5.74) is 0.537. The predicted molar refractivity (Wildman–Crippen MR) is 141 cm³/mol. The van der Waals surface area contributed by atoms with Crippen molar-refractivity contribution in [2.24, 2.45) is 0 Å². The van der Waals surface area contributed by atoms with Gasteiger partial charge in [0.1, 0.15) is 34.6 Å². The Labute approximate surface area is 217 Å². The molecular formula is C31H28F2O5. The normalized spacial score (nSPS) is 24.1. The number of carbonyl (C=O) groups excluding carboxylic acids is 1. The van der Waals surface area contributed by atoms with Gasteiger partial charge in [0.05, 0.1) is 0 Å². The van der Waals surface area contributed by atoms with E-state index in [4.69, 9.17) is 8.83 Å². The van der Waals surface area contributed by atoms with Gasteiger partial charge in [0.2, 0.25) is 5.78 Å². The number of carbonyl (C=O) groups is 1. The highest BCUT2D eigenvalue weighted by atomic mass is 19.1. The van der Waals surface area contributed by atoms with E-state index >= 15 is 0 Å². The van der Waals surface area contributed by atoms with Crippen molar-refractivity contribution in [3.05, 3.63) is 91.6 Å². The van der Waals surface area contributed by atoms with Crippen LogP contribution in [0.2, 0.25) is 0 Å². The molecule has 4 aromatic rings. The lowest BCUT2D eigenvalue weighted by Crippen LogP contribution is -2.21. The quantitative estimate of drug-likeness (QED) is 0.212. The Kier molecular flexibility index (Phi) is 6.46. The largest absolute Gasteiger partial charge is 0.422 e. The Morgan fingerprint density at radius 2 is 1.00 bits per heavy atom. The molecule has 6 rings (SSSR count). The van der Waals surface area contributed by atoms with E-state index < -0.39 is 29.4 Å². The van der Waals surface area contributed by atoms with E-state index in [1.807, 2.05) is 12.1 Å². The van der Waals surface area contributed by atoms with Gasteiger partial charge >= 0.3 is 11.3 Å². The van der Waals surface area contributed by atoms with Crippen LogP contribution in [0.3, 0.4) is 0 Å². The lowest BCUT2D eigenvalue weighted by molar-refractivity contribution is 0.103. The maximum Gasteiger partial charge on any atom is 0.347 e. The molecule has 38 heavy (non-hydrogen) atoms. The van der Waals surface area contributed by atoms with Crippen molar-refractivity contribution in [2.75, 3.05) is 0 Å². The van der Waals surface area contributed by atoms with Crippen molar-refractivity contribution >= 4 is 27.7 Å². The first-order chi connectivity index (χ1) is 18.4. The second kappa shape index (κ2) is 9.93. The van der Waals surface area contributed by atoms with Crippen LogP contribution in [-0.2, 0) is 0 Å². The molecule has 0 amide bonds. The van der Waals surface area contributed by atoms with Gasteiger partial charge in [-0.2, -0.15) is 0 Å². The molecule has 7 heteroatoms. The third-order valence-corrected chi connectivity index (χ3v) is 8.27. The number of alkyl halides is 2. The summed E-state index contributed by atoms with van der Waals surface area (Å²) in [6.45, 7) is 0. The van der Waals surface area contributed by atoms with Crippen molar-refractivity contribution < 1.29 is 22.4 Å². The highest BCUT2D eigenvalue weighted by molar-refractivity contribution is 6.10. The summed E-state index contributed by atoms with van der Waals surface area (Å²) in [6, 6.07) is 13.9. The summed E-state index contributed by atoms with van der Waals surface area (Å²) in [7, 11) is 0. The van der Waals surface area contributed by atoms with Crippen molar-refractivity contribution in [2.45, 2.75) is 75.5 Å². The summed E-state index contributed by atoms with van der Waals surface area (Å²) in [4.78, 5) is 38.9. The van der Waals surface area contributed by atoms with E-state index in [2.05, 4.69) is 0 Å². The number of hydrogen-bond donors (Lipinski definition) is 0. The molecule has 0 bridgehead atoms. The fraction of sp³-hybridized carbons (Fsp3) is 0.387. The lowest BCUT2D eigenvalue weighted by atomic mass is 9.83. The SMILES string of the molecule is O=C(c1cc2ccc(C3CCC(F)CC3)cc2oc1=O)c1cc2ccc(C3CCC(F)CC3)cc2oc1=O. The predicted octanol–water partition coefficient (Wildman–Crippen LogP) is 7.12. The summed E-state index contributed by atoms with van der Waals surface area (Å²) >= 11 is 0. The third-order valence-electron chi connectivity index (χ3n) is 8.27. The van der Waals surface area contributed by atoms with Crippen LogP contribution < -0.4 is 11.3 Å². The maximum absolute atomic E-state index is 13.5. The van der Waals surface area contributed by atoms with Crippen LogP contribution in [-0.4, -0.2) is 18.1 Å². The van der Waals surface area contributed by atoms with Gasteiger partial charge in [-0.3, -0.25) is 4.79 Å². The molecule has 0 saturated heterocycles. The third kappa shape index (κ3) is 4.70. The van der Waals surface area contributed by atoms with Crippen LogP contribution in [0.15, 0.2) is 67.0 Å². The molecular weight excluding hydrogens is 490 g/mol. The molecule has 5 nitrogen and oxygen atoms in total. The van der Waals surface area contributed by atoms with Crippen molar-refractivity contribution in [3.63, 3.8) is 0 Å². The van der Waals surface area contributed by atoms with Crippen LogP contribution >= 0.6 is 0 Å². The van der Waals surface area contributed by atoms with Crippen LogP contribution in [0.1, 0.15) is 90.3 Å². The molecule has 0 radical (unpaired) electrons. The molecule has 2 saturated carbocycles. The summed E-state index contributed by atoms with van der Waals surface area (Å²) in [5.74, 6) is -0.342. The Morgan fingerprint density at radius 3 is 1.39 bits per heavy atom. The second-order valence-corrected chi connectivity index (χ2v) is 10.7. The molecule has 0 spiro atoms. The molecule has 2 aromatic heterocycles. The number of fused-ring (bicyclic) bond motifs is 2. The fourth-order valence-corrected chi connectivity index (χ4v) is 6.00. The number of halogens is 2. The first-order valence-corrected chi connectivity index (χ1v) is 13.3. The van der Waals surface area contributed by atoms with Gasteiger partial charge in [-0.1, -0.05) is 24.3 Å². The van der Waals surface area contributed by atoms with E-state index in [1.165, 1.54) is 12.1 Å². The number of hydrogen-bond acceptors (Lipinski definition) is 5. The van der Waals surface area contributed by atoms with Gasteiger partial charge in [0.25, 0.3) is 0 Å². The minimum atomic E-state index is -0.828. The summed E-state index contributed by atoms with van der Waals surface area (Å²) in [6.07, 6.45) is 3.55. The smallest absolute Gasteiger partial charge is 0.347 e. The van der Waals surface area contributed by atoms with E-state index in [1.54, 1.807) is 24.3 Å². The van der Waals surface area contributed by atoms with Crippen molar-refractivity contribution in [3.8, 4) is 0 Å². The molecule has 196 valence electrons. The zero-order valence-corrected chi connectivity index (χ0v) is 20.9. The van der Waals surface area contributed by atoms with Crippen LogP contribution in [0.5, 0.6) is 0 Å². The zero-order valence-electron chi connectivity index (χ0n) is 20.9. The molecule has 2 heterocycles. The topological polar surface area (TPSA) is 77.5 Å². The Morgan fingerprint density at radius 1 is 0.605 bits per heavy atom. The standard InChI is InChI=1S/C31H28F2O5/c32-23-9-5-17(6-10-23)19-1-3-21-13-25(30(35)37-27(21)15-19)29(34)26-14-22-4-2-20(16-28(22)38-31(26)36)18-7-11-24(33)12-8-18/h1-4,13-18,23-24H,5-12H2. The molecule has 0 atom stereocenters. The minimum absolute atomic E-state index is 0.208. The average Bonchev–Trinajstić information content (AvgIpc) is 2.92. The second-order valence-electron chi connectivity index (χ2n) is 10.7. The molecule has 2 aliphatic carbocycles. The number of benzene rings is 2. The van der Waals surface area contributed by atoms with Crippen molar-refractivity contribution in [1.29, 1.82) is 0 Å². The molecule has 0 unspecified atom stereocenters. The molecule has 0 aliphatic heterocycles. The minimum Gasteiger partial charge on any atom is -0.422 e. The molecule has 2 aliphatic rings. The van der Waals surface area contributed by atoms with E-state index in [9.17, 15) is 23.2 Å². The lowest BCUT2D eigenvalue weighted by Gasteiger charge is -2.24. The average molecular weight is 519 g/mol. The van der Waals surface area contributed by atoms with Gasteiger partial charge in [-0.25, -0.2) is 18.4 Å². The van der Waals surface area contributed by atoms with Crippen LogP contribution in [0.4, 0.5) is 8.78 Å². The van der Waals surface area contributed by atoms with Gasteiger partial charge in [-0.15, -0.1) is 0 Å². The number of ketones is 1. The number of rotatable bonds is 4. The van der Waals surface area contributed by atoms with E-state index in [0.29, 0.717) is 47.6 Å². The maximum atomic E-state index is 13.5. The van der Waals surface area contributed by atoms with E-state index in [0.717, 1.165) is 36.8 Å². The first kappa shape index (κ1) is 24.7. The van der Waals surface area contributed by atoms with Gasteiger partial charge in [-0.05, 0) is 98.6 Å². The molecule has 0 N–H and O–H groups in total. The van der Waals surface area contributed by atoms with Gasteiger partial charge in [0.15, 0.2) is 0 Å². The Bertz CT molecular complexity index is 1510. The fourth-order valence-electron chi connectivity index (χ4n) is 6.00. The van der Waals surface area contributed by atoms with Crippen LogP contribution in [0, 0.1) is 0 Å². The monoisotopic (exact) mass is 518 g/mol. The van der Waals surface area contributed by atoms with Crippen molar-refractivity contribution in [1.82, 2.24) is 0 Å². The van der Waals surface area contributed by atoms with Crippen LogP contribution in [0.25, 0.3) is 21.9 Å². The zero-order chi connectivity index (χ0) is 26.4. The summed E-state index contributed by atoms with van der Waals surface area (Å²) in [5, 5.41) is 1.13. The Hall–Kier alpha value is -3.61. The molecule has 2 fully saturated rings. The Balaban J connectivity index is 1.30. The van der Waals surface area contributed by atoms with Gasteiger partial charge < -0.3 is 8.83 Å². The molecule has 2 aromatic carbocycles. The first-order valence-electron chi connectivity index (χ1n) is 13.3.